The molecule has 2 aromatic heterocycles. The molecule has 0 spiro atoms. The minimum atomic E-state index is -3.56. The van der Waals surface area contributed by atoms with Crippen LogP contribution < -0.4 is 4.72 Å². The van der Waals surface area contributed by atoms with Gasteiger partial charge in [0.25, 0.3) is 0 Å². The Morgan fingerprint density at radius 2 is 2.11 bits per heavy atom. The third-order valence-electron chi connectivity index (χ3n) is 2.64. The van der Waals surface area contributed by atoms with Gasteiger partial charge in [-0.15, -0.1) is 11.3 Å². The quantitative estimate of drug-likeness (QED) is 0.884. The van der Waals surface area contributed by atoms with E-state index in [2.05, 4.69) is 4.72 Å². The van der Waals surface area contributed by atoms with Crippen molar-refractivity contribution in [3.8, 4) is 0 Å². The van der Waals surface area contributed by atoms with Gasteiger partial charge in [-0.2, -0.15) is 0 Å². The molecule has 0 amide bonds. The number of nitrogens with one attached hydrogen (secondary N) is 1. The van der Waals surface area contributed by atoms with Gasteiger partial charge in [-0.05, 0) is 37.6 Å². The Morgan fingerprint density at radius 1 is 1.37 bits per heavy atom. The minimum absolute atomic E-state index is 0.113. The van der Waals surface area contributed by atoms with Crippen molar-refractivity contribution < 1.29 is 17.9 Å². The number of aryl methyl sites for hydroxylation is 2. The van der Waals surface area contributed by atoms with Crippen LogP contribution >= 0.6 is 11.3 Å². The monoisotopic (exact) mass is 301 g/mol. The number of aliphatic hydroxyl groups is 1. The van der Waals surface area contributed by atoms with Gasteiger partial charge in [-0.25, -0.2) is 13.1 Å². The van der Waals surface area contributed by atoms with E-state index in [0.29, 0.717) is 10.6 Å². The molecule has 0 unspecified atom stereocenters. The predicted octanol–water partition coefficient (Wildman–Crippen LogP) is 1.93. The summed E-state index contributed by atoms with van der Waals surface area (Å²) in [4.78, 5) is 0.661. The fourth-order valence-electron chi connectivity index (χ4n) is 1.60. The molecule has 0 bridgehead atoms. The molecule has 0 saturated heterocycles. The van der Waals surface area contributed by atoms with Crippen molar-refractivity contribution in [2.24, 2.45) is 0 Å². The fraction of sp³-hybridized carbons (Fsp3) is 0.333. The summed E-state index contributed by atoms with van der Waals surface area (Å²) in [5.41, 5.74) is 0.779. The van der Waals surface area contributed by atoms with E-state index in [1.165, 1.54) is 0 Å². The van der Waals surface area contributed by atoms with E-state index < -0.39 is 10.0 Å². The number of furan rings is 1. The second-order valence-corrected chi connectivity index (χ2v) is 7.30. The van der Waals surface area contributed by atoms with Crippen LogP contribution in [0, 0.1) is 13.8 Å². The van der Waals surface area contributed by atoms with E-state index in [4.69, 9.17) is 9.52 Å². The number of hydrogen-bond acceptors (Lipinski definition) is 5. The van der Waals surface area contributed by atoms with Crippen molar-refractivity contribution in [2.45, 2.75) is 31.2 Å². The van der Waals surface area contributed by atoms with E-state index in [1.54, 1.807) is 32.0 Å². The Balaban J connectivity index is 2.13. The largest absolute Gasteiger partial charge is 0.465 e. The van der Waals surface area contributed by atoms with Crippen molar-refractivity contribution in [1.82, 2.24) is 4.72 Å². The van der Waals surface area contributed by atoms with E-state index in [9.17, 15) is 8.42 Å². The molecular weight excluding hydrogens is 286 g/mol. The normalized spacial score (nSPS) is 11.9. The van der Waals surface area contributed by atoms with Crippen LogP contribution in [0.5, 0.6) is 0 Å². The van der Waals surface area contributed by atoms with Gasteiger partial charge < -0.3 is 9.52 Å². The summed E-state index contributed by atoms with van der Waals surface area (Å²) in [6, 6.07) is 5.07. The van der Waals surface area contributed by atoms with Crippen LogP contribution in [0.1, 0.15) is 22.0 Å². The van der Waals surface area contributed by atoms with E-state index >= 15 is 0 Å². The molecule has 5 nitrogen and oxygen atoms in total. The molecule has 0 atom stereocenters. The summed E-state index contributed by atoms with van der Waals surface area (Å²) >= 11 is 1.08. The average molecular weight is 301 g/mol. The molecular formula is C12H15NO4S2. The molecule has 7 heteroatoms. The molecule has 0 aliphatic carbocycles. The Kier molecular flexibility index (Phi) is 4.10. The van der Waals surface area contributed by atoms with Crippen LogP contribution in [0.2, 0.25) is 0 Å². The molecule has 104 valence electrons. The molecule has 0 saturated carbocycles. The number of sulfonamides is 1. The van der Waals surface area contributed by atoms with Crippen LogP contribution in [-0.2, 0) is 23.2 Å². The first kappa shape index (κ1) is 14.3. The Morgan fingerprint density at radius 3 is 2.63 bits per heavy atom. The first-order valence-corrected chi connectivity index (χ1v) is 7.97. The van der Waals surface area contributed by atoms with Crippen LogP contribution in [0.15, 0.2) is 26.8 Å². The number of hydrogen-bond donors (Lipinski definition) is 2. The van der Waals surface area contributed by atoms with E-state index in [-0.39, 0.29) is 17.4 Å². The van der Waals surface area contributed by atoms with Gasteiger partial charge in [0, 0.05) is 4.88 Å². The lowest BCUT2D eigenvalue weighted by atomic mass is 10.3. The molecule has 2 heterocycles. The van der Waals surface area contributed by atoms with E-state index in [1.807, 2.05) is 0 Å². The van der Waals surface area contributed by atoms with E-state index in [0.717, 1.165) is 22.7 Å². The standard InChI is InChI=1S/C12H15NO4S2/c1-8-5-12(18-11(8)7-14)19(15,16)13-6-10-4-3-9(2)17-10/h3-5,13-14H,6-7H2,1-2H3. The summed E-state index contributed by atoms with van der Waals surface area (Å²) in [6.07, 6.45) is 0. The van der Waals surface area contributed by atoms with Gasteiger partial charge in [0.05, 0.1) is 13.2 Å². The molecule has 19 heavy (non-hydrogen) atoms. The maximum absolute atomic E-state index is 12.1. The highest BCUT2D eigenvalue weighted by Gasteiger charge is 2.18. The van der Waals surface area contributed by atoms with Gasteiger partial charge in [-0.1, -0.05) is 0 Å². The first-order valence-electron chi connectivity index (χ1n) is 5.67. The lowest BCUT2D eigenvalue weighted by Gasteiger charge is -2.02. The van der Waals surface area contributed by atoms with Crippen molar-refractivity contribution in [3.05, 3.63) is 40.2 Å². The van der Waals surface area contributed by atoms with Crippen LogP contribution in [0.25, 0.3) is 0 Å². The first-order chi connectivity index (χ1) is 8.92. The number of thiophene rings is 1. The van der Waals surface area contributed by atoms with Crippen molar-refractivity contribution >= 4 is 21.4 Å². The maximum Gasteiger partial charge on any atom is 0.250 e. The van der Waals surface area contributed by atoms with Crippen LogP contribution in [0.3, 0.4) is 0 Å². The highest BCUT2D eigenvalue weighted by molar-refractivity contribution is 7.91. The van der Waals surface area contributed by atoms with Crippen molar-refractivity contribution in [3.63, 3.8) is 0 Å². The number of rotatable bonds is 5. The number of aliphatic hydroxyl groups excluding tert-OH is 1. The van der Waals surface area contributed by atoms with Gasteiger partial charge in [0.15, 0.2) is 0 Å². The smallest absolute Gasteiger partial charge is 0.250 e. The lowest BCUT2D eigenvalue weighted by molar-refractivity contribution is 0.285. The highest BCUT2D eigenvalue weighted by Crippen LogP contribution is 2.26. The maximum atomic E-state index is 12.1. The topological polar surface area (TPSA) is 79.5 Å². The van der Waals surface area contributed by atoms with Gasteiger partial charge in [0.2, 0.25) is 10.0 Å². The Bertz CT molecular complexity index is 670. The zero-order valence-corrected chi connectivity index (χ0v) is 12.3. The zero-order chi connectivity index (χ0) is 14.0. The third-order valence-corrected chi connectivity index (χ3v) is 5.74. The summed E-state index contributed by atoms with van der Waals surface area (Å²) in [5.74, 6) is 1.31. The predicted molar refractivity (Wildman–Crippen MR) is 72.4 cm³/mol. The van der Waals surface area contributed by atoms with Crippen molar-refractivity contribution in [1.29, 1.82) is 0 Å². The SMILES string of the molecule is Cc1ccc(CNS(=O)(=O)c2cc(C)c(CO)s2)o1. The minimum Gasteiger partial charge on any atom is -0.465 e. The molecule has 0 aliphatic heterocycles. The Labute approximate surface area is 115 Å². The summed E-state index contributed by atoms with van der Waals surface area (Å²) in [5, 5.41) is 9.09. The highest BCUT2D eigenvalue weighted by atomic mass is 32.2. The lowest BCUT2D eigenvalue weighted by Crippen LogP contribution is -2.22. The van der Waals surface area contributed by atoms with Crippen LogP contribution in [-0.4, -0.2) is 13.5 Å². The van der Waals surface area contributed by atoms with Crippen LogP contribution in [0.4, 0.5) is 0 Å². The second kappa shape index (κ2) is 5.46. The van der Waals surface area contributed by atoms with Gasteiger partial charge in [-0.3, -0.25) is 0 Å². The molecule has 0 aromatic carbocycles. The zero-order valence-electron chi connectivity index (χ0n) is 10.6. The summed E-state index contributed by atoms with van der Waals surface area (Å²) in [6.45, 7) is 3.54. The fourth-order valence-corrected chi connectivity index (χ4v) is 4.08. The molecule has 0 fully saturated rings. The van der Waals surface area contributed by atoms with Gasteiger partial charge in [0.1, 0.15) is 15.7 Å². The third kappa shape index (κ3) is 3.24. The average Bonchev–Trinajstić information content (AvgIpc) is 2.93. The second-order valence-electron chi connectivity index (χ2n) is 4.17. The van der Waals surface area contributed by atoms with Crippen molar-refractivity contribution in [2.75, 3.05) is 0 Å². The molecule has 2 rings (SSSR count). The molecule has 0 aliphatic rings. The summed E-state index contributed by atoms with van der Waals surface area (Å²) < 4.78 is 32.1. The molecule has 2 N–H and O–H groups in total. The molecule has 2 aromatic rings. The van der Waals surface area contributed by atoms with Gasteiger partial charge >= 0.3 is 0 Å². The Hall–Kier alpha value is -1.15. The summed E-state index contributed by atoms with van der Waals surface area (Å²) in [7, 11) is -3.56. The molecule has 0 radical (unpaired) electrons.